The molecule has 19 heavy (non-hydrogen) atoms. The first-order valence-corrected chi connectivity index (χ1v) is 12.0. The maximum atomic E-state index is 3.61. The Bertz CT molecular complexity index is 356. The molecule has 1 rings (SSSR count). The van der Waals surface area contributed by atoms with Crippen LogP contribution in [0.5, 0.6) is 0 Å². The van der Waals surface area contributed by atoms with Gasteiger partial charge in [0, 0.05) is 12.6 Å². The number of thioether (sulfide) groups is 1. The molecule has 1 N–H and O–H groups in total. The molecule has 0 amide bonds. The standard InChI is InChI=1S/C16H29NSSi/c1-6-18-12-11-14(2)17-13-15-7-9-16(10-8-15)19(3,4)5/h7-10,14,17H,6,11-13H2,1-5H3. The molecule has 0 radical (unpaired) electrons. The molecule has 1 unspecified atom stereocenters. The highest BCUT2D eigenvalue weighted by atomic mass is 32.2. The van der Waals surface area contributed by atoms with E-state index in [1.54, 1.807) is 5.19 Å². The largest absolute Gasteiger partial charge is 0.310 e. The quantitative estimate of drug-likeness (QED) is 0.577. The molecule has 1 aromatic carbocycles. The normalized spacial score (nSPS) is 13.5. The van der Waals surface area contributed by atoms with Crippen LogP contribution >= 0.6 is 11.8 Å². The van der Waals surface area contributed by atoms with Gasteiger partial charge in [-0.3, -0.25) is 0 Å². The van der Waals surface area contributed by atoms with Crippen molar-refractivity contribution in [3.05, 3.63) is 29.8 Å². The van der Waals surface area contributed by atoms with Gasteiger partial charge in [-0.25, -0.2) is 0 Å². The molecular formula is C16H29NSSi. The molecule has 0 bridgehead atoms. The SMILES string of the molecule is CCSCCC(C)NCc1ccc([Si](C)(C)C)cc1. The van der Waals surface area contributed by atoms with Gasteiger partial charge in [0.1, 0.15) is 0 Å². The van der Waals surface area contributed by atoms with E-state index in [0.29, 0.717) is 6.04 Å². The molecule has 0 spiro atoms. The number of rotatable bonds is 8. The Morgan fingerprint density at radius 3 is 2.32 bits per heavy atom. The molecule has 0 aliphatic rings. The van der Waals surface area contributed by atoms with Gasteiger partial charge in [0.25, 0.3) is 0 Å². The molecule has 0 heterocycles. The lowest BCUT2D eigenvalue weighted by atomic mass is 10.2. The number of nitrogens with one attached hydrogen (secondary N) is 1. The molecule has 0 aromatic heterocycles. The van der Waals surface area contributed by atoms with Crippen molar-refractivity contribution in [1.82, 2.24) is 5.32 Å². The van der Waals surface area contributed by atoms with Crippen molar-refractivity contribution in [2.75, 3.05) is 11.5 Å². The third-order valence-corrected chi connectivity index (χ3v) is 6.37. The van der Waals surface area contributed by atoms with Crippen molar-refractivity contribution in [3.63, 3.8) is 0 Å². The molecule has 0 saturated carbocycles. The molecule has 1 aromatic rings. The highest BCUT2D eigenvalue weighted by Crippen LogP contribution is 2.07. The summed E-state index contributed by atoms with van der Waals surface area (Å²) in [4.78, 5) is 0. The summed E-state index contributed by atoms with van der Waals surface area (Å²) in [5.74, 6) is 2.49. The summed E-state index contributed by atoms with van der Waals surface area (Å²) in [6.07, 6.45) is 1.26. The molecule has 3 heteroatoms. The first-order chi connectivity index (χ1) is 8.93. The third kappa shape index (κ3) is 6.64. The van der Waals surface area contributed by atoms with Gasteiger partial charge in [-0.05, 0) is 30.4 Å². The van der Waals surface area contributed by atoms with E-state index in [1.807, 2.05) is 11.8 Å². The zero-order valence-electron chi connectivity index (χ0n) is 13.1. The van der Waals surface area contributed by atoms with Crippen LogP contribution in [0.1, 0.15) is 25.8 Å². The van der Waals surface area contributed by atoms with Gasteiger partial charge in [-0.1, -0.05) is 56.0 Å². The van der Waals surface area contributed by atoms with Crippen LogP contribution in [-0.4, -0.2) is 25.6 Å². The monoisotopic (exact) mass is 295 g/mol. The molecule has 0 saturated heterocycles. The van der Waals surface area contributed by atoms with E-state index >= 15 is 0 Å². The van der Waals surface area contributed by atoms with Crippen molar-refractivity contribution in [2.45, 2.75) is 52.5 Å². The van der Waals surface area contributed by atoms with Crippen LogP contribution in [-0.2, 0) is 6.54 Å². The average molecular weight is 296 g/mol. The lowest BCUT2D eigenvalue weighted by Gasteiger charge is -2.17. The van der Waals surface area contributed by atoms with E-state index in [2.05, 4.69) is 63.1 Å². The second-order valence-electron chi connectivity index (χ2n) is 6.21. The zero-order valence-corrected chi connectivity index (χ0v) is 14.9. The zero-order chi connectivity index (χ0) is 14.3. The van der Waals surface area contributed by atoms with Crippen molar-refractivity contribution in [3.8, 4) is 0 Å². The molecule has 1 atom stereocenters. The summed E-state index contributed by atoms with van der Waals surface area (Å²) < 4.78 is 0. The molecule has 0 aliphatic carbocycles. The maximum Gasteiger partial charge on any atom is 0.0775 e. The van der Waals surface area contributed by atoms with E-state index in [1.165, 1.54) is 23.5 Å². The minimum atomic E-state index is -1.15. The van der Waals surface area contributed by atoms with Crippen LogP contribution in [0.4, 0.5) is 0 Å². The fraction of sp³-hybridized carbons (Fsp3) is 0.625. The van der Waals surface area contributed by atoms with Crippen molar-refractivity contribution in [2.24, 2.45) is 0 Å². The Hall–Kier alpha value is -0.253. The van der Waals surface area contributed by atoms with Crippen LogP contribution < -0.4 is 10.5 Å². The van der Waals surface area contributed by atoms with Crippen molar-refractivity contribution in [1.29, 1.82) is 0 Å². The Morgan fingerprint density at radius 2 is 1.79 bits per heavy atom. The van der Waals surface area contributed by atoms with E-state index in [4.69, 9.17) is 0 Å². The van der Waals surface area contributed by atoms with Gasteiger partial charge in [0.05, 0.1) is 8.07 Å². The first-order valence-electron chi connectivity index (χ1n) is 7.34. The van der Waals surface area contributed by atoms with Gasteiger partial charge >= 0.3 is 0 Å². The highest BCUT2D eigenvalue weighted by Gasteiger charge is 2.15. The molecular weight excluding hydrogens is 266 g/mol. The van der Waals surface area contributed by atoms with E-state index in [0.717, 1.165) is 6.54 Å². The average Bonchev–Trinajstić information content (AvgIpc) is 2.36. The summed E-state index contributed by atoms with van der Waals surface area (Å²) >= 11 is 2.03. The Balaban J connectivity index is 2.37. The van der Waals surface area contributed by atoms with Gasteiger partial charge in [-0.15, -0.1) is 0 Å². The number of hydrogen-bond acceptors (Lipinski definition) is 2. The summed E-state index contributed by atoms with van der Waals surface area (Å²) in [5.41, 5.74) is 1.40. The second kappa shape index (κ2) is 8.13. The van der Waals surface area contributed by atoms with Gasteiger partial charge < -0.3 is 5.32 Å². The van der Waals surface area contributed by atoms with Gasteiger partial charge in [-0.2, -0.15) is 11.8 Å². The molecule has 0 aliphatic heterocycles. The predicted molar refractivity (Wildman–Crippen MR) is 93.3 cm³/mol. The maximum absolute atomic E-state index is 3.61. The van der Waals surface area contributed by atoms with E-state index in [9.17, 15) is 0 Å². The lowest BCUT2D eigenvalue weighted by molar-refractivity contribution is 0.537. The van der Waals surface area contributed by atoms with E-state index in [-0.39, 0.29) is 0 Å². The Labute approximate surface area is 124 Å². The number of hydrogen-bond donors (Lipinski definition) is 1. The summed E-state index contributed by atoms with van der Waals surface area (Å²) in [7, 11) is -1.15. The second-order valence-corrected chi connectivity index (χ2v) is 12.7. The highest BCUT2D eigenvalue weighted by molar-refractivity contribution is 7.99. The Morgan fingerprint density at radius 1 is 1.16 bits per heavy atom. The predicted octanol–water partition coefficient (Wildman–Crippen LogP) is 3.85. The van der Waals surface area contributed by atoms with Crippen LogP contribution in [0.15, 0.2) is 24.3 Å². The topological polar surface area (TPSA) is 12.0 Å². The van der Waals surface area contributed by atoms with Crippen LogP contribution in [0.3, 0.4) is 0 Å². The molecule has 1 nitrogen and oxygen atoms in total. The lowest BCUT2D eigenvalue weighted by Crippen LogP contribution is -2.37. The minimum absolute atomic E-state index is 0.607. The Kier molecular flexibility index (Phi) is 7.19. The summed E-state index contributed by atoms with van der Waals surface area (Å²) in [6.45, 7) is 12.7. The fourth-order valence-corrected chi connectivity index (χ4v) is 3.90. The fourth-order valence-electron chi connectivity index (χ4n) is 1.92. The third-order valence-electron chi connectivity index (χ3n) is 3.37. The summed E-state index contributed by atoms with van der Waals surface area (Å²) in [6, 6.07) is 9.82. The van der Waals surface area contributed by atoms with Crippen LogP contribution in [0, 0.1) is 0 Å². The smallest absolute Gasteiger partial charge is 0.0775 e. The van der Waals surface area contributed by atoms with Gasteiger partial charge in [0.2, 0.25) is 0 Å². The summed E-state index contributed by atoms with van der Waals surface area (Å²) in [5, 5.41) is 5.16. The first kappa shape index (κ1) is 16.8. The van der Waals surface area contributed by atoms with E-state index < -0.39 is 8.07 Å². The number of benzene rings is 1. The van der Waals surface area contributed by atoms with Gasteiger partial charge in [0.15, 0.2) is 0 Å². The van der Waals surface area contributed by atoms with Crippen molar-refractivity contribution < 1.29 is 0 Å². The van der Waals surface area contributed by atoms with Crippen molar-refractivity contribution >= 4 is 25.0 Å². The molecule has 108 valence electrons. The molecule has 0 fully saturated rings. The van der Waals surface area contributed by atoms with Crippen LogP contribution in [0.2, 0.25) is 19.6 Å². The van der Waals surface area contributed by atoms with Crippen LogP contribution in [0.25, 0.3) is 0 Å². The minimum Gasteiger partial charge on any atom is -0.310 e.